The quantitative estimate of drug-likeness (QED) is 0.780. The van der Waals surface area contributed by atoms with Gasteiger partial charge in [-0.25, -0.2) is 4.79 Å². The zero-order chi connectivity index (χ0) is 15.6. The zero-order valence-corrected chi connectivity index (χ0v) is 11.1. The van der Waals surface area contributed by atoms with Crippen LogP contribution in [-0.4, -0.2) is 29.3 Å². The van der Waals surface area contributed by atoms with E-state index in [2.05, 4.69) is 5.32 Å². The van der Waals surface area contributed by atoms with Crippen LogP contribution in [0.5, 0.6) is 0 Å². The van der Waals surface area contributed by atoms with Gasteiger partial charge in [-0.1, -0.05) is 13.8 Å². The number of nitrogens with one attached hydrogen (secondary N) is 1. The highest BCUT2D eigenvalue weighted by Gasteiger charge is 2.32. The van der Waals surface area contributed by atoms with Gasteiger partial charge in [0.05, 0.1) is 11.1 Å². The van der Waals surface area contributed by atoms with Crippen molar-refractivity contribution in [2.45, 2.75) is 20.0 Å². The SMILES string of the molecule is CC(C)(CO)CNc1ccc(C(F)(F)F)cc1C(=O)O. The summed E-state index contributed by atoms with van der Waals surface area (Å²) in [5.41, 5.74) is -1.89. The summed E-state index contributed by atoms with van der Waals surface area (Å²) < 4.78 is 37.6. The van der Waals surface area contributed by atoms with Crippen LogP contribution in [0.25, 0.3) is 0 Å². The Balaban J connectivity index is 3.06. The Morgan fingerprint density at radius 1 is 1.30 bits per heavy atom. The Labute approximate surface area is 114 Å². The highest BCUT2D eigenvalue weighted by molar-refractivity contribution is 5.94. The Kier molecular flexibility index (Phi) is 4.65. The van der Waals surface area contributed by atoms with Crippen LogP contribution >= 0.6 is 0 Å². The van der Waals surface area contributed by atoms with Gasteiger partial charge >= 0.3 is 12.1 Å². The number of carboxylic acid groups (broad SMARTS) is 1. The first-order chi connectivity index (χ1) is 9.07. The summed E-state index contributed by atoms with van der Waals surface area (Å²) in [6.07, 6.45) is -4.59. The highest BCUT2D eigenvalue weighted by atomic mass is 19.4. The van der Waals surface area contributed by atoms with Crippen molar-refractivity contribution < 1.29 is 28.2 Å². The molecular weight excluding hydrogens is 275 g/mol. The Morgan fingerprint density at radius 3 is 2.35 bits per heavy atom. The summed E-state index contributed by atoms with van der Waals surface area (Å²) in [5.74, 6) is -1.44. The molecule has 0 amide bonds. The van der Waals surface area contributed by atoms with Crippen LogP contribution in [0.15, 0.2) is 18.2 Å². The van der Waals surface area contributed by atoms with Crippen molar-refractivity contribution in [2.75, 3.05) is 18.5 Å². The van der Waals surface area contributed by atoms with Gasteiger partial charge in [-0.3, -0.25) is 0 Å². The Bertz CT molecular complexity index is 498. The van der Waals surface area contributed by atoms with E-state index in [1.165, 1.54) is 0 Å². The lowest BCUT2D eigenvalue weighted by Gasteiger charge is -2.23. The molecule has 0 saturated carbocycles. The second-order valence-electron chi connectivity index (χ2n) is 5.24. The number of hydrogen-bond donors (Lipinski definition) is 3. The number of aliphatic hydroxyl groups excluding tert-OH is 1. The molecule has 0 spiro atoms. The summed E-state index contributed by atoms with van der Waals surface area (Å²) in [4.78, 5) is 11.0. The number of aliphatic hydroxyl groups is 1. The Hall–Kier alpha value is -1.76. The molecule has 1 aromatic carbocycles. The molecule has 20 heavy (non-hydrogen) atoms. The predicted octanol–water partition coefficient (Wildman–Crippen LogP) is 2.83. The van der Waals surface area contributed by atoms with Crippen LogP contribution < -0.4 is 5.32 Å². The second kappa shape index (κ2) is 5.70. The molecule has 0 atom stereocenters. The van der Waals surface area contributed by atoms with E-state index >= 15 is 0 Å². The van der Waals surface area contributed by atoms with Crippen molar-refractivity contribution in [3.05, 3.63) is 29.3 Å². The number of halogens is 3. The molecular formula is C13H16F3NO3. The molecule has 7 heteroatoms. The van der Waals surface area contributed by atoms with Crippen molar-refractivity contribution in [1.29, 1.82) is 0 Å². The fourth-order valence-electron chi connectivity index (χ4n) is 1.44. The molecule has 0 aromatic heterocycles. The third kappa shape index (κ3) is 4.12. The van der Waals surface area contributed by atoms with Gasteiger partial charge in [0, 0.05) is 24.3 Å². The number of carbonyl (C=O) groups is 1. The summed E-state index contributed by atoms with van der Waals surface area (Å²) in [7, 11) is 0. The maximum Gasteiger partial charge on any atom is 0.416 e. The summed E-state index contributed by atoms with van der Waals surface area (Å²) in [6, 6.07) is 2.50. The molecule has 0 fully saturated rings. The molecule has 1 aromatic rings. The summed E-state index contributed by atoms with van der Waals surface area (Å²) >= 11 is 0. The number of aromatic carboxylic acids is 1. The van der Waals surface area contributed by atoms with Gasteiger partial charge in [-0.15, -0.1) is 0 Å². The van der Waals surface area contributed by atoms with Gasteiger partial charge in [-0.05, 0) is 18.2 Å². The lowest BCUT2D eigenvalue weighted by atomic mass is 9.94. The van der Waals surface area contributed by atoms with Gasteiger partial charge in [0.2, 0.25) is 0 Å². The third-order valence-electron chi connectivity index (χ3n) is 2.76. The lowest BCUT2D eigenvalue weighted by molar-refractivity contribution is -0.137. The topological polar surface area (TPSA) is 69.6 Å². The fourth-order valence-corrected chi connectivity index (χ4v) is 1.44. The maximum absolute atomic E-state index is 12.5. The molecule has 112 valence electrons. The molecule has 0 unspecified atom stereocenters. The number of rotatable bonds is 5. The average molecular weight is 291 g/mol. The standard InChI is InChI=1S/C13H16F3NO3/c1-12(2,7-18)6-17-10-4-3-8(13(14,15)16)5-9(10)11(19)20/h3-5,17-18H,6-7H2,1-2H3,(H,19,20). The van der Waals surface area contributed by atoms with E-state index in [9.17, 15) is 18.0 Å². The molecule has 0 saturated heterocycles. The largest absolute Gasteiger partial charge is 0.478 e. The zero-order valence-electron chi connectivity index (χ0n) is 11.1. The summed E-state index contributed by atoms with van der Waals surface area (Å²) in [6.45, 7) is 3.58. The van der Waals surface area contributed by atoms with E-state index in [1.807, 2.05) is 0 Å². The van der Waals surface area contributed by atoms with Crippen molar-refractivity contribution in [3.8, 4) is 0 Å². The molecule has 0 heterocycles. The normalized spacial score (nSPS) is 12.3. The highest BCUT2D eigenvalue weighted by Crippen LogP contribution is 2.32. The molecule has 0 radical (unpaired) electrons. The van der Waals surface area contributed by atoms with E-state index in [0.29, 0.717) is 6.07 Å². The maximum atomic E-state index is 12.5. The molecule has 0 aliphatic heterocycles. The number of carboxylic acids is 1. The van der Waals surface area contributed by atoms with E-state index in [0.717, 1.165) is 12.1 Å². The summed E-state index contributed by atoms with van der Waals surface area (Å²) in [5, 5.41) is 20.8. The number of anilines is 1. The van der Waals surface area contributed by atoms with Crippen LogP contribution in [-0.2, 0) is 6.18 Å². The van der Waals surface area contributed by atoms with Crippen LogP contribution in [0.2, 0.25) is 0 Å². The minimum Gasteiger partial charge on any atom is -0.478 e. The minimum atomic E-state index is -4.59. The molecule has 0 bridgehead atoms. The molecule has 3 N–H and O–H groups in total. The van der Waals surface area contributed by atoms with Crippen LogP contribution in [0.1, 0.15) is 29.8 Å². The smallest absolute Gasteiger partial charge is 0.416 e. The van der Waals surface area contributed by atoms with Crippen molar-refractivity contribution >= 4 is 11.7 Å². The second-order valence-corrected chi connectivity index (χ2v) is 5.24. The van der Waals surface area contributed by atoms with Crippen molar-refractivity contribution in [2.24, 2.45) is 5.41 Å². The molecule has 4 nitrogen and oxygen atoms in total. The lowest BCUT2D eigenvalue weighted by Crippen LogP contribution is -2.27. The van der Waals surface area contributed by atoms with Crippen LogP contribution in [0.3, 0.4) is 0 Å². The molecule has 0 aliphatic carbocycles. The van der Waals surface area contributed by atoms with E-state index in [1.54, 1.807) is 13.8 Å². The first-order valence-corrected chi connectivity index (χ1v) is 5.86. The fraction of sp³-hybridized carbons (Fsp3) is 0.462. The average Bonchev–Trinajstić information content (AvgIpc) is 2.35. The monoisotopic (exact) mass is 291 g/mol. The molecule has 1 rings (SSSR count). The van der Waals surface area contributed by atoms with Crippen molar-refractivity contribution in [3.63, 3.8) is 0 Å². The van der Waals surface area contributed by atoms with Gasteiger partial charge in [0.25, 0.3) is 0 Å². The molecule has 0 aliphatic rings. The first kappa shape index (κ1) is 16.3. The third-order valence-corrected chi connectivity index (χ3v) is 2.76. The predicted molar refractivity (Wildman–Crippen MR) is 67.8 cm³/mol. The Morgan fingerprint density at radius 2 is 1.90 bits per heavy atom. The van der Waals surface area contributed by atoms with Gasteiger partial charge in [0.15, 0.2) is 0 Å². The first-order valence-electron chi connectivity index (χ1n) is 5.86. The van der Waals surface area contributed by atoms with Gasteiger partial charge in [0.1, 0.15) is 0 Å². The van der Waals surface area contributed by atoms with Gasteiger partial charge in [-0.2, -0.15) is 13.2 Å². The minimum absolute atomic E-state index is 0.0898. The number of benzene rings is 1. The van der Waals surface area contributed by atoms with Crippen LogP contribution in [0, 0.1) is 5.41 Å². The van der Waals surface area contributed by atoms with Crippen molar-refractivity contribution in [1.82, 2.24) is 0 Å². The van der Waals surface area contributed by atoms with E-state index in [4.69, 9.17) is 10.2 Å². The van der Waals surface area contributed by atoms with Crippen LogP contribution in [0.4, 0.5) is 18.9 Å². The van der Waals surface area contributed by atoms with Gasteiger partial charge < -0.3 is 15.5 Å². The van der Waals surface area contributed by atoms with E-state index < -0.39 is 28.7 Å². The number of hydrogen-bond acceptors (Lipinski definition) is 3. The number of alkyl halides is 3. The van der Waals surface area contributed by atoms with E-state index in [-0.39, 0.29) is 18.8 Å².